The Hall–Kier alpha value is -2.26. The minimum absolute atomic E-state index is 0.130. The van der Waals surface area contributed by atoms with Crippen LogP contribution in [-0.2, 0) is 4.74 Å². The number of anilines is 1. The number of nitrogens with zero attached hydrogens (tertiary/aromatic N) is 5. The summed E-state index contributed by atoms with van der Waals surface area (Å²) in [6.07, 6.45) is 3.90. The molecule has 25 heavy (non-hydrogen) atoms. The normalized spacial score (nSPS) is 21.5. The molecule has 0 amide bonds. The molecule has 1 fully saturated rings. The van der Waals surface area contributed by atoms with Crippen LogP contribution in [0.3, 0.4) is 0 Å². The van der Waals surface area contributed by atoms with Crippen molar-refractivity contribution in [3.8, 4) is 0 Å². The lowest BCUT2D eigenvalue weighted by atomic mass is 10.2. The number of unbranched alkanes of at least 4 members (excludes halogenated alkanes) is 1. The van der Waals surface area contributed by atoms with Crippen LogP contribution in [0.1, 0.15) is 26.7 Å². The molecule has 136 valence electrons. The van der Waals surface area contributed by atoms with E-state index >= 15 is 0 Å². The van der Waals surface area contributed by atoms with E-state index < -0.39 is 4.92 Å². The Morgan fingerprint density at radius 1 is 1.32 bits per heavy atom. The van der Waals surface area contributed by atoms with Crippen molar-refractivity contribution in [1.82, 2.24) is 19.5 Å². The molecule has 1 N–H and O–H groups in total. The van der Waals surface area contributed by atoms with Crippen molar-refractivity contribution in [2.75, 3.05) is 31.5 Å². The third kappa shape index (κ3) is 4.43. The second-order valence-electron chi connectivity index (χ2n) is 6.51. The van der Waals surface area contributed by atoms with Crippen LogP contribution < -0.4 is 5.32 Å². The minimum Gasteiger partial charge on any atom is -0.373 e. The van der Waals surface area contributed by atoms with E-state index in [-0.39, 0.29) is 5.82 Å². The van der Waals surface area contributed by atoms with Gasteiger partial charge in [-0.1, -0.05) is 9.61 Å². The number of aromatic nitrogens is 3. The predicted octanol–water partition coefficient (Wildman–Crippen LogP) is 1.94. The van der Waals surface area contributed by atoms with E-state index in [9.17, 15) is 10.1 Å². The second-order valence-corrected chi connectivity index (χ2v) is 6.51. The van der Waals surface area contributed by atoms with Crippen molar-refractivity contribution < 1.29 is 9.66 Å². The third-order valence-corrected chi connectivity index (χ3v) is 4.23. The summed E-state index contributed by atoms with van der Waals surface area (Å²) in [7, 11) is 0. The summed E-state index contributed by atoms with van der Waals surface area (Å²) in [5.74, 6) is 0.483. The standard InChI is InChI=1S/C16H24N6O3/c1-12-10-20(11-13(2)25-12)8-4-3-7-17-14-5-6-15-18-9-16(22(23)24)21(15)19-14/h5-6,9,12-13H,3-4,7-8,10-11H2,1-2H3,(H,17,19). The lowest BCUT2D eigenvalue weighted by Crippen LogP contribution is -2.45. The summed E-state index contributed by atoms with van der Waals surface area (Å²) < 4.78 is 6.99. The number of nitrogens with one attached hydrogen (secondary N) is 1. The lowest BCUT2D eigenvalue weighted by molar-refractivity contribution is -0.391. The Labute approximate surface area is 146 Å². The summed E-state index contributed by atoms with van der Waals surface area (Å²) in [4.78, 5) is 16.9. The first-order valence-corrected chi connectivity index (χ1v) is 8.64. The third-order valence-electron chi connectivity index (χ3n) is 4.23. The van der Waals surface area contributed by atoms with Crippen LogP contribution >= 0.6 is 0 Å². The molecule has 2 atom stereocenters. The summed E-state index contributed by atoms with van der Waals surface area (Å²) in [6.45, 7) is 8.03. The van der Waals surface area contributed by atoms with E-state index in [0.29, 0.717) is 23.7 Å². The van der Waals surface area contributed by atoms with Crippen LogP contribution in [0.2, 0.25) is 0 Å². The molecule has 2 aromatic rings. The van der Waals surface area contributed by atoms with Gasteiger partial charge in [-0.3, -0.25) is 4.90 Å². The molecule has 1 aliphatic rings. The van der Waals surface area contributed by atoms with Gasteiger partial charge in [0.25, 0.3) is 0 Å². The van der Waals surface area contributed by atoms with Crippen molar-refractivity contribution in [3.05, 3.63) is 28.4 Å². The first-order valence-electron chi connectivity index (χ1n) is 8.64. The second kappa shape index (κ2) is 7.75. The first-order chi connectivity index (χ1) is 12.0. The van der Waals surface area contributed by atoms with Crippen LogP contribution in [-0.4, -0.2) is 62.8 Å². The topological polar surface area (TPSA) is 97.8 Å². The molecule has 1 aliphatic heterocycles. The SMILES string of the molecule is CC1CN(CCCCNc2ccc3ncc([N+](=O)[O-])n3n2)CC(C)O1. The van der Waals surface area contributed by atoms with Crippen molar-refractivity contribution in [2.24, 2.45) is 0 Å². The monoisotopic (exact) mass is 348 g/mol. The van der Waals surface area contributed by atoms with Gasteiger partial charge in [-0.2, -0.15) is 0 Å². The Morgan fingerprint density at radius 3 is 2.80 bits per heavy atom. The number of imidazole rings is 1. The highest BCUT2D eigenvalue weighted by Crippen LogP contribution is 2.15. The van der Waals surface area contributed by atoms with Gasteiger partial charge in [0, 0.05) is 25.7 Å². The molecule has 0 bridgehead atoms. The predicted molar refractivity (Wildman–Crippen MR) is 93.8 cm³/mol. The molecule has 0 aliphatic carbocycles. The molecule has 3 rings (SSSR count). The van der Waals surface area contributed by atoms with Gasteiger partial charge in [0.1, 0.15) is 6.20 Å². The molecule has 0 saturated carbocycles. The number of nitro groups is 1. The molecular weight excluding hydrogens is 324 g/mol. The molecule has 1 saturated heterocycles. The van der Waals surface area contributed by atoms with Gasteiger partial charge >= 0.3 is 5.82 Å². The molecule has 9 nitrogen and oxygen atoms in total. The van der Waals surface area contributed by atoms with Gasteiger partial charge in [0.05, 0.1) is 12.2 Å². The Kier molecular flexibility index (Phi) is 5.44. The zero-order chi connectivity index (χ0) is 17.8. The summed E-state index contributed by atoms with van der Waals surface area (Å²) in [6, 6.07) is 3.51. The van der Waals surface area contributed by atoms with E-state index in [1.165, 1.54) is 10.7 Å². The van der Waals surface area contributed by atoms with Crippen LogP contribution in [0.15, 0.2) is 18.3 Å². The maximum absolute atomic E-state index is 11.0. The summed E-state index contributed by atoms with van der Waals surface area (Å²) in [5, 5.41) is 18.4. The Morgan fingerprint density at radius 2 is 2.08 bits per heavy atom. The maximum Gasteiger partial charge on any atom is 0.368 e. The largest absolute Gasteiger partial charge is 0.373 e. The van der Waals surface area contributed by atoms with Gasteiger partial charge in [0.15, 0.2) is 5.82 Å². The van der Waals surface area contributed by atoms with E-state index in [1.807, 2.05) is 0 Å². The van der Waals surface area contributed by atoms with Crippen molar-refractivity contribution in [1.29, 1.82) is 0 Å². The fourth-order valence-corrected chi connectivity index (χ4v) is 3.22. The van der Waals surface area contributed by atoms with Gasteiger partial charge in [-0.25, -0.2) is 4.98 Å². The molecular formula is C16H24N6O3. The zero-order valence-electron chi connectivity index (χ0n) is 14.6. The zero-order valence-corrected chi connectivity index (χ0v) is 14.6. The molecule has 3 heterocycles. The van der Waals surface area contributed by atoms with Crippen LogP contribution in [0.4, 0.5) is 11.6 Å². The highest BCUT2D eigenvalue weighted by molar-refractivity contribution is 5.48. The van der Waals surface area contributed by atoms with Crippen LogP contribution in [0.25, 0.3) is 5.65 Å². The Balaban J connectivity index is 1.45. The van der Waals surface area contributed by atoms with Crippen molar-refractivity contribution in [2.45, 2.75) is 38.9 Å². The lowest BCUT2D eigenvalue weighted by Gasteiger charge is -2.35. The maximum atomic E-state index is 11.0. The number of fused-ring (bicyclic) bond motifs is 1. The van der Waals surface area contributed by atoms with Gasteiger partial charge in [0.2, 0.25) is 5.65 Å². The molecule has 2 aromatic heterocycles. The molecule has 0 aromatic carbocycles. The van der Waals surface area contributed by atoms with Crippen molar-refractivity contribution >= 4 is 17.3 Å². The molecule has 2 unspecified atom stereocenters. The molecule has 9 heteroatoms. The quantitative estimate of drug-likeness (QED) is 0.464. The summed E-state index contributed by atoms with van der Waals surface area (Å²) in [5.41, 5.74) is 0.466. The number of ether oxygens (including phenoxy) is 1. The van der Waals surface area contributed by atoms with Crippen LogP contribution in [0.5, 0.6) is 0 Å². The van der Waals surface area contributed by atoms with Crippen LogP contribution in [0, 0.1) is 10.1 Å². The van der Waals surface area contributed by atoms with E-state index in [2.05, 4.69) is 34.1 Å². The average Bonchev–Trinajstić information content (AvgIpc) is 2.97. The van der Waals surface area contributed by atoms with Gasteiger partial charge in [-0.05, 0) is 44.2 Å². The highest BCUT2D eigenvalue weighted by atomic mass is 16.6. The first kappa shape index (κ1) is 17.6. The number of morpholine rings is 1. The summed E-state index contributed by atoms with van der Waals surface area (Å²) >= 11 is 0. The average molecular weight is 348 g/mol. The van der Waals surface area contributed by atoms with E-state index in [0.717, 1.165) is 39.0 Å². The Bertz CT molecular complexity index is 724. The number of hydrogen-bond acceptors (Lipinski definition) is 7. The fraction of sp³-hybridized carbons (Fsp3) is 0.625. The van der Waals surface area contributed by atoms with E-state index in [1.54, 1.807) is 12.1 Å². The van der Waals surface area contributed by atoms with Gasteiger partial charge in [-0.15, -0.1) is 0 Å². The number of hydrogen-bond donors (Lipinski definition) is 1. The fourth-order valence-electron chi connectivity index (χ4n) is 3.22. The molecule has 0 spiro atoms. The number of rotatable bonds is 7. The van der Waals surface area contributed by atoms with Crippen molar-refractivity contribution in [3.63, 3.8) is 0 Å². The van der Waals surface area contributed by atoms with Gasteiger partial charge < -0.3 is 20.2 Å². The van der Waals surface area contributed by atoms with E-state index in [4.69, 9.17) is 4.74 Å². The highest BCUT2D eigenvalue weighted by Gasteiger charge is 2.21. The minimum atomic E-state index is -0.485. The smallest absolute Gasteiger partial charge is 0.368 e. The molecule has 0 radical (unpaired) electrons.